The highest BCUT2D eigenvalue weighted by Gasteiger charge is 2.21. The molecular formula is C26H23Cl2N5O4S. The number of benzene rings is 3. The summed E-state index contributed by atoms with van der Waals surface area (Å²) in [5, 5.41) is 14.1. The van der Waals surface area contributed by atoms with E-state index in [1.807, 2.05) is 34.9 Å². The standard InChI is InChI=1S/C26H23Cl2N5O4S/c1-35-21-12-17(13-22(36-2)24(21)37-3)25-31-32-26(33(25)18-7-5-4-6-8-18)38-15-23(34)30-29-14-16-9-10-19(27)20(28)11-16/h4-14H,15H2,1-3H3,(H,30,34)/b29-14-. The number of thioether (sulfide) groups is 1. The molecule has 0 radical (unpaired) electrons. The topological polar surface area (TPSA) is 99.9 Å². The minimum atomic E-state index is -0.316. The summed E-state index contributed by atoms with van der Waals surface area (Å²) in [6, 6.07) is 18.2. The van der Waals surface area contributed by atoms with Gasteiger partial charge in [0.2, 0.25) is 5.75 Å². The molecule has 1 amide bonds. The van der Waals surface area contributed by atoms with Crippen molar-refractivity contribution < 1.29 is 19.0 Å². The molecule has 0 aliphatic heterocycles. The lowest BCUT2D eigenvalue weighted by Crippen LogP contribution is -2.20. The van der Waals surface area contributed by atoms with Gasteiger partial charge < -0.3 is 14.2 Å². The summed E-state index contributed by atoms with van der Waals surface area (Å²) in [5.74, 6) is 1.71. The lowest BCUT2D eigenvalue weighted by molar-refractivity contribution is -0.118. The highest BCUT2D eigenvalue weighted by Crippen LogP contribution is 2.41. The number of hydrogen-bond acceptors (Lipinski definition) is 8. The number of ether oxygens (including phenoxy) is 3. The Kier molecular flexibility index (Phi) is 9.11. The van der Waals surface area contributed by atoms with Gasteiger partial charge in [-0.2, -0.15) is 5.10 Å². The van der Waals surface area contributed by atoms with Gasteiger partial charge in [0, 0.05) is 11.3 Å². The number of aromatic nitrogens is 3. The van der Waals surface area contributed by atoms with Gasteiger partial charge >= 0.3 is 0 Å². The molecule has 196 valence electrons. The van der Waals surface area contributed by atoms with Crippen molar-refractivity contribution in [2.75, 3.05) is 27.1 Å². The highest BCUT2D eigenvalue weighted by molar-refractivity contribution is 7.99. The average molecular weight is 572 g/mol. The van der Waals surface area contributed by atoms with Crippen molar-refractivity contribution in [2.24, 2.45) is 5.10 Å². The van der Waals surface area contributed by atoms with Crippen LogP contribution < -0.4 is 19.6 Å². The molecule has 0 atom stereocenters. The van der Waals surface area contributed by atoms with Crippen LogP contribution in [0.3, 0.4) is 0 Å². The molecule has 4 aromatic rings. The van der Waals surface area contributed by atoms with Crippen molar-refractivity contribution in [1.29, 1.82) is 0 Å². The molecule has 0 aliphatic rings. The van der Waals surface area contributed by atoms with Gasteiger partial charge in [-0.1, -0.05) is 59.2 Å². The number of nitrogens with one attached hydrogen (secondary N) is 1. The fourth-order valence-electron chi connectivity index (χ4n) is 3.50. The van der Waals surface area contributed by atoms with Gasteiger partial charge in [0.05, 0.1) is 43.3 Å². The van der Waals surface area contributed by atoms with Gasteiger partial charge in [-0.25, -0.2) is 5.43 Å². The molecule has 0 unspecified atom stereocenters. The van der Waals surface area contributed by atoms with Crippen molar-refractivity contribution in [1.82, 2.24) is 20.2 Å². The first kappa shape index (κ1) is 27.3. The van der Waals surface area contributed by atoms with Crippen molar-refractivity contribution in [2.45, 2.75) is 5.16 Å². The van der Waals surface area contributed by atoms with Crippen molar-refractivity contribution in [3.63, 3.8) is 0 Å². The number of methoxy groups -OCH3 is 3. The molecule has 0 fully saturated rings. The number of amides is 1. The quantitative estimate of drug-likeness (QED) is 0.152. The first-order valence-corrected chi connectivity index (χ1v) is 12.9. The summed E-state index contributed by atoms with van der Waals surface area (Å²) in [4.78, 5) is 12.5. The van der Waals surface area contributed by atoms with E-state index in [1.165, 1.54) is 18.0 Å². The Labute approximate surface area is 233 Å². The minimum absolute atomic E-state index is 0.0545. The zero-order valence-electron chi connectivity index (χ0n) is 20.6. The van der Waals surface area contributed by atoms with Gasteiger partial charge in [0.15, 0.2) is 22.5 Å². The number of nitrogens with zero attached hydrogens (tertiary/aromatic N) is 4. The molecule has 0 saturated carbocycles. The normalized spacial score (nSPS) is 11.0. The second kappa shape index (κ2) is 12.7. The molecule has 1 N–H and O–H groups in total. The maximum atomic E-state index is 12.5. The second-order valence-electron chi connectivity index (χ2n) is 7.65. The molecule has 1 heterocycles. The lowest BCUT2D eigenvalue weighted by Gasteiger charge is -2.15. The van der Waals surface area contributed by atoms with E-state index in [9.17, 15) is 4.79 Å². The van der Waals surface area contributed by atoms with Crippen LogP contribution in [0.15, 0.2) is 70.9 Å². The van der Waals surface area contributed by atoms with Crippen molar-refractivity contribution in [3.8, 4) is 34.3 Å². The average Bonchev–Trinajstić information content (AvgIpc) is 3.37. The Morgan fingerprint density at radius 3 is 2.32 bits per heavy atom. The molecule has 3 aromatic carbocycles. The third kappa shape index (κ3) is 6.21. The van der Waals surface area contributed by atoms with Crippen LogP contribution in [0.25, 0.3) is 17.1 Å². The van der Waals surface area contributed by atoms with Crippen LogP contribution in [0, 0.1) is 0 Å². The third-order valence-electron chi connectivity index (χ3n) is 5.25. The van der Waals surface area contributed by atoms with E-state index in [-0.39, 0.29) is 11.7 Å². The molecule has 12 heteroatoms. The second-order valence-corrected chi connectivity index (χ2v) is 9.40. The van der Waals surface area contributed by atoms with E-state index in [2.05, 4.69) is 20.7 Å². The predicted molar refractivity (Wildman–Crippen MR) is 149 cm³/mol. The van der Waals surface area contributed by atoms with Gasteiger partial charge in [-0.05, 0) is 42.0 Å². The fourth-order valence-corrected chi connectivity index (χ4v) is 4.56. The lowest BCUT2D eigenvalue weighted by atomic mass is 10.1. The molecule has 0 aliphatic carbocycles. The SMILES string of the molecule is COc1cc(-c2nnc(SCC(=O)N/N=C\c3ccc(Cl)c(Cl)c3)n2-c2ccccc2)cc(OC)c1OC. The third-order valence-corrected chi connectivity index (χ3v) is 6.92. The molecular weight excluding hydrogens is 549 g/mol. The number of carbonyl (C=O) groups is 1. The molecule has 1 aromatic heterocycles. The van der Waals surface area contributed by atoms with Crippen LogP contribution in [-0.4, -0.2) is 54.0 Å². The number of hydrogen-bond donors (Lipinski definition) is 1. The van der Waals surface area contributed by atoms with Crippen LogP contribution in [0.5, 0.6) is 17.2 Å². The predicted octanol–water partition coefficient (Wildman–Crippen LogP) is 5.51. The highest BCUT2D eigenvalue weighted by atomic mass is 35.5. The molecule has 9 nitrogen and oxygen atoms in total. The van der Waals surface area contributed by atoms with E-state index >= 15 is 0 Å². The first-order valence-electron chi connectivity index (χ1n) is 11.2. The Bertz CT molecular complexity index is 1440. The van der Waals surface area contributed by atoms with Crippen molar-refractivity contribution >= 4 is 47.1 Å². The number of hydrazone groups is 1. The van der Waals surface area contributed by atoms with E-state index < -0.39 is 0 Å². The Morgan fingerprint density at radius 2 is 1.68 bits per heavy atom. The fraction of sp³-hybridized carbons (Fsp3) is 0.154. The Balaban J connectivity index is 1.58. The summed E-state index contributed by atoms with van der Waals surface area (Å²) in [6.07, 6.45) is 1.49. The van der Waals surface area contributed by atoms with Gasteiger partial charge in [0.25, 0.3) is 5.91 Å². The first-order chi connectivity index (χ1) is 18.4. The number of halogens is 2. The van der Waals surface area contributed by atoms with Crippen LogP contribution in [0.2, 0.25) is 10.0 Å². The van der Waals surface area contributed by atoms with E-state index in [0.717, 1.165) is 5.69 Å². The summed E-state index contributed by atoms with van der Waals surface area (Å²) in [7, 11) is 4.64. The van der Waals surface area contributed by atoms with Crippen LogP contribution in [0.4, 0.5) is 0 Å². The molecule has 0 bridgehead atoms. The summed E-state index contributed by atoms with van der Waals surface area (Å²) in [5.41, 5.74) is 4.72. The number of rotatable bonds is 10. The number of para-hydroxylation sites is 1. The monoisotopic (exact) mass is 571 g/mol. The van der Waals surface area contributed by atoms with Crippen molar-refractivity contribution in [3.05, 3.63) is 76.3 Å². The van der Waals surface area contributed by atoms with Crippen LogP contribution in [0.1, 0.15) is 5.56 Å². The molecule has 38 heavy (non-hydrogen) atoms. The zero-order valence-corrected chi connectivity index (χ0v) is 23.0. The van der Waals surface area contributed by atoms with Crippen LogP contribution in [-0.2, 0) is 4.79 Å². The molecule has 0 spiro atoms. The van der Waals surface area contributed by atoms with E-state index in [4.69, 9.17) is 37.4 Å². The van der Waals surface area contributed by atoms with E-state index in [0.29, 0.717) is 49.4 Å². The van der Waals surface area contributed by atoms with E-state index in [1.54, 1.807) is 51.7 Å². The van der Waals surface area contributed by atoms with Gasteiger partial charge in [0.1, 0.15) is 0 Å². The molecule has 0 saturated heterocycles. The maximum Gasteiger partial charge on any atom is 0.250 e. The minimum Gasteiger partial charge on any atom is -0.493 e. The molecule has 4 rings (SSSR count). The van der Waals surface area contributed by atoms with Gasteiger partial charge in [-0.15, -0.1) is 10.2 Å². The summed E-state index contributed by atoms with van der Waals surface area (Å²) >= 11 is 13.2. The van der Waals surface area contributed by atoms with Crippen LogP contribution >= 0.6 is 35.0 Å². The Morgan fingerprint density at radius 1 is 0.974 bits per heavy atom. The summed E-state index contributed by atoms with van der Waals surface area (Å²) < 4.78 is 18.3. The summed E-state index contributed by atoms with van der Waals surface area (Å²) in [6.45, 7) is 0. The van der Waals surface area contributed by atoms with Gasteiger partial charge in [-0.3, -0.25) is 9.36 Å². The Hall–Kier alpha value is -3.73. The smallest absolute Gasteiger partial charge is 0.250 e. The maximum absolute atomic E-state index is 12.5. The largest absolute Gasteiger partial charge is 0.493 e. The number of carbonyl (C=O) groups excluding carboxylic acids is 1. The zero-order chi connectivity index (χ0) is 27.1.